The maximum Gasteiger partial charge on any atom is 0.221 e. The van der Waals surface area contributed by atoms with Crippen molar-refractivity contribution in [1.29, 1.82) is 0 Å². The van der Waals surface area contributed by atoms with Crippen LogP contribution in [0.15, 0.2) is 6.33 Å². The van der Waals surface area contributed by atoms with Crippen molar-refractivity contribution in [2.75, 3.05) is 25.2 Å². The molecule has 0 atom stereocenters. The number of nitrogen functional groups attached to an aromatic ring is 1. The van der Waals surface area contributed by atoms with Crippen LogP contribution >= 0.6 is 0 Å². The molecule has 0 amide bonds. The van der Waals surface area contributed by atoms with Crippen molar-refractivity contribution in [3.63, 3.8) is 0 Å². The first kappa shape index (κ1) is 13.7. The average molecular weight is 240 g/mol. The second-order valence-corrected chi connectivity index (χ2v) is 3.45. The Morgan fingerprint density at radius 3 is 2.76 bits per heavy atom. The van der Waals surface area contributed by atoms with E-state index in [-0.39, 0.29) is 0 Å². The average Bonchev–Trinajstić information content (AvgIpc) is 2.36. The molecule has 0 saturated heterocycles. The molecule has 0 fully saturated rings. The number of aromatic nitrogens is 2. The third-order valence-corrected chi connectivity index (χ3v) is 2.21. The quantitative estimate of drug-likeness (QED) is 0.402. The summed E-state index contributed by atoms with van der Waals surface area (Å²) in [6.45, 7) is 5.74. The fraction of sp³-hybridized carbons (Fsp3) is 0.636. The number of nitrogens with one attached hydrogen (secondary N) is 1. The molecular weight excluding hydrogens is 220 g/mol. The van der Waals surface area contributed by atoms with E-state index in [2.05, 4.69) is 22.3 Å². The van der Waals surface area contributed by atoms with E-state index in [0.717, 1.165) is 18.4 Å². The van der Waals surface area contributed by atoms with Crippen LogP contribution in [0.25, 0.3) is 0 Å². The molecule has 6 heteroatoms. The highest BCUT2D eigenvalue weighted by Gasteiger charge is 2.10. The number of nitrogens with zero attached hydrogens (tertiary/aromatic N) is 2. The van der Waals surface area contributed by atoms with Crippen molar-refractivity contribution in [1.82, 2.24) is 9.97 Å². The second-order valence-electron chi connectivity index (χ2n) is 3.45. The van der Waals surface area contributed by atoms with Crippen molar-refractivity contribution in [2.24, 2.45) is 5.84 Å². The molecule has 1 heterocycles. The van der Waals surface area contributed by atoms with Gasteiger partial charge in [-0.2, -0.15) is 0 Å². The highest BCUT2D eigenvalue weighted by molar-refractivity contribution is 5.47. The van der Waals surface area contributed by atoms with Crippen LogP contribution in [0.3, 0.4) is 0 Å². The fourth-order valence-electron chi connectivity index (χ4n) is 1.46. The Bertz CT molecular complexity index is 333. The van der Waals surface area contributed by atoms with E-state index in [0.29, 0.717) is 31.5 Å². The molecule has 0 aliphatic heterocycles. The summed E-state index contributed by atoms with van der Waals surface area (Å²) >= 11 is 0. The van der Waals surface area contributed by atoms with Crippen LogP contribution in [0.1, 0.15) is 25.8 Å². The Morgan fingerprint density at radius 2 is 2.12 bits per heavy atom. The molecule has 1 aromatic heterocycles. The van der Waals surface area contributed by atoms with Crippen LogP contribution in [0.4, 0.5) is 5.82 Å². The molecule has 6 nitrogen and oxygen atoms in total. The predicted molar refractivity (Wildman–Crippen MR) is 65.8 cm³/mol. The van der Waals surface area contributed by atoms with Crippen molar-refractivity contribution in [3.05, 3.63) is 11.9 Å². The lowest BCUT2D eigenvalue weighted by atomic mass is 10.2. The largest absolute Gasteiger partial charge is 0.475 e. The van der Waals surface area contributed by atoms with Gasteiger partial charge in [0.25, 0.3) is 0 Å². The van der Waals surface area contributed by atoms with E-state index in [4.69, 9.17) is 15.3 Å². The van der Waals surface area contributed by atoms with Crippen LogP contribution in [0.2, 0.25) is 0 Å². The van der Waals surface area contributed by atoms with Gasteiger partial charge >= 0.3 is 0 Å². The van der Waals surface area contributed by atoms with Gasteiger partial charge in [0.1, 0.15) is 18.8 Å². The normalized spacial score (nSPS) is 10.3. The lowest BCUT2D eigenvalue weighted by Crippen LogP contribution is -2.14. The summed E-state index contributed by atoms with van der Waals surface area (Å²) < 4.78 is 10.8. The summed E-state index contributed by atoms with van der Waals surface area (Å²) in [6.07, 6.45) is 3.23. The van der Waals surface area contributed by atoms with Gasteiger partial charge in [0.2, 0.25) is 5.88 Å². The fourth-order valence-corrected chi connectivity index (χ4v) is 1.46. The van der Waals surface area contributed by atoms with E-state index in [1.54, 1.807) is 0 Å². The highest BCUT2D eigenvalue weighted by atomic mass is 16.5. The first-order valence-corrected chi connectivity index (χ1v) is 5.84. The van der Waals surface area contributed by atoms with E-state index >= 15 is 0 Å². The Morgan fingerprint density at radius 1 is 1.29 bits per heavy atom. The van der Waals surface area contributed by atoms with Gasteiger partial charge in [-0.1, -0.05) is 13.3 Å². The molecular formula is C11H20N4O2. The SMILES string of the molecule is CCCc1c(NN)ncnc1OCCOCC. The van der Waals surface area contributed by atoms with Gasteiger partial charge in [0.05, 0.1) is 12.2 Å². The number of nitrogens with two attached hydrogens (primary N) is 1. The topological polar surface area (TPSA) is 82.3 Å². The Kier molecular flexibility index (Phi) is 6.27. The molecule has 0 aliphatic carbocycles. The van der Waals surface area contributed by atoms with Crippen molar-refractivity contribution in [2.45, 2.75) is 26.7 Å². The molecule has 0 aliphatic rings. The third-order valence-electron chi connectivity index (χ3n) is 2.21. The minimum atomic E-state index is 0.478. The van der Waals surface area contributed by atoms with Crippen molar-refractivity contribution >= 4 is 5.82 Å². The highest BCUT2D eigenvalue weighted by Crippen LogP contribution is 2.22. The summed E-state index contributed by atoms with van der Waals surface area (Å²) in [6, 6.07) is 0. The molecule has 0 radical (unpaired) electrons. The van der Waals surface area contributed by atoms with Gasteiger partial charge in [-0.05, 0) is 13.3 Å². The van der Waals surface area contributed by atoms with E-state index in [1.807, 2.05) is 6.92 Å². The van der Waals surface area contributed by atoms with E-state index in [9.17, 15) is 0 Å². The Balaban J connectivity index is 2.68. The summed E-state index contributed by atoms with van der Waals surface area (Å²) in [5, 5.41) is 0. The molecule has 1 rings (SSSR count). The van der Waals surface area contributed by atoms with Crippen molar-refractivity contribution < 1.29 is 9.47 Å². The molecule has 0 bridgehead atoms. The number of hydrogen-bond acceptors (Lipinski definition) is 6. The maximum absolute atomic E-state index is 5.56. The molecule has 0 saturated carbocycles. The van der Waals surface area contributed by atoms with Crippen molar-refractivity contribution in [3.8, 4) is 5.88 Å². The Hall–Kier alpha value is -1.40. The molecule has 0 aromatic carbocycles. The van der Waals surface area contributed by atoms with Crippen LogP contribution in [-0.4, -0.2) is 29.8 Å². The molecule has 17 heavy (non-hydrogen) atoms. The zero-order valence-corrected chi connectivity index (χ0v) is 10.4. The summed E-state index contributed by atoms with van der Waals surface area (Å²) in [4.78, 5) is 8.18. The molecule has 3 N–H and O–H groups in total. The summed E-state index contributed by atoms with van der Waals surface area (Å²) in [7, 11) is 0. The lowest BCUT2D eigenvalue weighted by molar-refractivity contribution is 0.108. The monoisotopic (exact) mass is 240 g/mol. The van der Waals surface area contributed by atoms with Crippen LogP contribution in [-0.2, 0) is 11.2 Å². The number of rotatable bonds is 8. The zero-order chi connectivity index (χ0) is 12.5. The predicted octanol–water partition coefficient (Wildman–Crippen LogP) is 1.13. The van der Waals surface area contributed by atoms with Gasteiger partial charge < -0.3 is 14.9 Å². The number of hydrazine groups is 1. The summed E-state index contributed by atoms with van der Waals surface area (Å²) in [5.41, 5.74) is 3.47. The second kappa shape index (κ2) is 7.81. The van der Waals surface area contributed by atoms with Gasteiger partial charge in [-0.15, -0.1) is 0 Å². The summed E-state index contributed by atoms with van der Waals surface area (Å²) in [5.74, 6) is 6.60. The van der Waals surface area contributed by atoms with Gasteiger partial charge in [-0.3, -0.25) is 0 Å². The standard InChI is InChI=1S/C11H20N4O2/c1-3-5-9-10(15-12)13-8-14-11(9)17-7-6-16-4-2/h8H,3-7,12H2,1-2H3,(H,13,14,15). The third kappa shape index (κ3) is 4.16. The van der Waals surface area contributed by atoms with Crippen LogP contribution in [0.5, 0.6) is 5.88 Å². The van der Waals surface area contributed by atoms with Crippen LogP contribution < -0.4 is 16.0 Å². The molecule has 0 spiro atoms. The first-order chi connectivity index (χ1) is 8.33. The Labute approximate surface area is 102 Å². The first-order valence-electron chi connectivity index (χ1n) is 5.84. The van der Waals surface area contributed by atoms with E-state index < -0.39 is 0 Å². The molecule has 1 aromatic rings. The lowest BCUT2D eigenvalue weighted by Gasteiger charge is -2.12. The smallest absolute Gasteiger partial charge is 0.221 e. The zero-order valence-electron chi connectivity index (χ0n) is 10.4. The number of ether oxygens (including phenoxy) is 2. The van der Waals surface area contributed by atoms with Gasteiger partial charge in [-0.25, -0.2) is 15.8 Å². The van der Waals surface area contributed by atoms with Gasteiger partial charge in [0, 0.05) is 6.61 Å². The van der Waals surface area contributed by atoms with Gasteiger partial charge in [0.15, 0.2) is 0 Å². The maximum atomic E-state index is 5.56. The minimum Gasteiger partial charge on any atom is -0.475 e. The van der Waals surface area contributed by atoms with Crippen LogP contribution in [0, 0.1) is 0 Å². The minimum absolute atomic E-state index is 0.478. The van der Waals surface area contributed by atoms with E-state index in [1.165, 1.54) is 6.33 Å². The molecule has 96 valence electrons. The number of hydrogen-bond donors (Lipinski definition) is 2. The molecule has 0 unspecified atom stereocenters. The number of anilines is 1.